The Kier molecular flexibility index (Phi) is 3.42. The van der Waals surface area contributed by atoms with Crippen molar-refractivity contribution < 1.29 is 22.1 Å². The predicted molar refractivity (Wildman–Crippen MR) is 43.4 cm³/mol. The van der Waals surface area contributed by atoms with Crippen LogP contribution in [0.15, 0.2) is 0 Å². The van der Waals surface area contributed by atoms with E-state index in [9.17, 15) is 9.00 Å². The fraction of sp³-hybridized carbons (Fsp3) is 0.571. The summed E-state index contributed by atoms with van der Waals surface area (Å²) >= 11 is -1.86. The highest BCUT2D eigenvalue weighted by Crippen LogP contribution is 2.17. The van der Waals surface area contributed by atoms with Crippen LogP contribution >= 0.6 is 0 Å². The van der Waals surface area contributed by atoms with Gasteiger partial charge in [0.1, 0.15) is 6.10 Å². The molecule has 0 bridgehead atoms. The first-order valence-electron chi connectivity index (χ1n) is 3.51. The van der Waals surface area contributed by atoms with E-state index in [1.807, 2.05) is 0 Å². The molecule has 3 atom stereocenters. The van der Waals surface area contributed by atoms with Gasteiger partial charge in [-0.2, -0.15) is 4.21 Å². The third-order valence-corrected chi connectivity index (χ3v) is 2.19. The Morgan fingerprint density at radius 3 is 2.85 bits per heavy atom. The van der Waals surface area contributed by atoms with Crippen LogP contribution in [0.5, 0.6) is 0 Å². The third-order valence-electron chi connectivity index (χ3n) is 1.37. The number of hydrogen-bond donors (Lipinski definition) is 0. The summed E-state index contributed by atoms with van der Waals surface area (Å²) in [7, 11) is 0. The first-order valence-corrected chi connectivity index (χ1v) is 4.51. The normalized spacial score (nSPS) is 32.5. The fourth-order valence-electron chi connectivity index (χ4n) is 0.786. The first-order chi connectivity index (χ1) is 6.15. The van der Waals surface area contributed by atoms with Crippen molar-refractivity contribution in [3.05, 3.63) is 0 Å². The Hall–Kier alpha value is -0.900. The fourth-order valence-corrected chi connectivity index (χ4v) is 1.58. The predicted octanol–water partition coefficient (Wildman–Crippen LogP) is -0.455. The molecule has 0 aromatic carbocycles. The van der Waals surface area contributed by atoms with E-state index in [1.165, 1.54) is 0 Å². The van der Waals surface area contributed by atoms with Crippen LogP contribution in [-0.4, -0.2) is 29.0 Å². The van der Waals surface area contributed by atoms with Crippen LogP contribution in [0.25, 0.3) is 0 Å². The molecular weight excluding hydrogens is 196 g/mol. The van der Waals surface area contributed by atoms with Gasteiger partial charge in [-0.3, -0.25) is 8.37 Å². The molecule has 0 radical (unpaired) electrons. The molecule has 0 spiro atoms. The van der Waals surface area contributed by atoms with Gasteiger partial charge in [-0.1, -0.05) is 5.92 Å². The monoisotopic (exact) mass is 204 g/mol. The molecule has 0 aliphatic carbocycles. The molecule has 0 saturated carbocycles. The molecule has 72 valence electrons. The molecule has 5 nitrogen and oxygen atoms in total. The van der Waals surface area contributed by atoms with E-state index in [0.717, 1.165) is 0 Å². The Labute approximate surface area is 78.2 Å². The van der Waals surface area contributed by atoms with Crippen LogP contribution in [0.3, 0.4) is 0 Å². The van der Waals surface area contributed by atoms with Gasteiger partial charge in [0.2, 0.25) is 6.10 Å². The number of carbonyl (C=O) groups is 1. The number of rotatable bonds is 2. The van der Waals surface area contributed by atoms with Gasteiger partial charge in [0.25, 0.3) is 0 Å². The van der Waals surface area contributed by atoms with Crippen LogP contribution in [-0.2, 0) is 29.3 Å². The number of carbonyl (C=O) groups excluding carboxylic acids is 1. The topological polar surface area (TPSA) is 61.8 Å². The maximum Gasteiger partial charge on any atom is 0.340 e. The van der Waals surface area contributed by atoms with E-state index in [4.69, 9.17) is 6.42 Å². The number of terminal acetylenes is 1. The molecule has 1 aliphatic heterocycles. The summed E-state index contributed by atoms with van der Waals surface area (Å²) < 4.78 is 24.6. The minimum atomic E-state index is -1.86. The molecule has 0 amide bonds. The van der Waals surface area contributed by atoms with E-state index < -0.39 is 29.5 Å². The lowest BCUT2D eigenvalue weighted by molar-refractivity contribution is -0.151. The molecule has 3 unspecified atom stereocenters. The van der Waals surface area contributed by atoms with Crippen LogP contribution in [0.1, 0.15) is 6.92 Å². The van der Waals surface area contributed by atoms with Crippen molar-refractivity contribution in [2.45, 2.75) is 19.1 Å². The minimum absolute atomic E-state index is 0.127. The van der Waals surface area contributed by atoms with E-state index in [2.05, 4.69) is 19.0 Å². The second-order valence-electron chi connectivity index (χ2n) is 2.33. The summed E-state index contributed by atoms with van der Waals surface area (Å²) in [6.45, 7) is 1.44. The smallest absolute Gasteiger partial charge is 0.340 e. The second kappa shape index (κ2) is 4.37. The van der Waals surface area contributed by atoms with Crippen LogP contribution < -0.4 is 0 Å². The zero-order chi connectivity index (χ0) is 9.84. The molecule has 0 aromatic heterocycles. The molecule has 1 heterocycles. The van der Waals surface area contributed by atoms with Crippen molar-refractivity contribution in [3.63, 3.8) is 0 Å². The molecule has 1 saturated heterocycles. The zero-order valence-electron chi connectivity index (χ0n) is 6.89. The molecule has 1 rings (SSSR count). The Bertz CT molecular complexity index is 269. The maximum atomic E-state index is 11.1. The first kappa shape index (κ1) is 10.2. The van der Waals surface area contributed by atoms with Gasteiger partial charge in [0, 0.05) is 0 Å². The Morgan fingerprint density at radius 1 is 1.69 bits per heavy atom. The highest BCUT2D eigenvalue weighted by molar-refractivity contribution is 7.75. The number of hydrogen-bond acceptors (Lipinski definition) is 5. The van der Waals surface area contributed by atoms with Gasteiger partial charge in [0.15, 0.2) is 6.61 Å². The van der Waals surface area contributed by atoms with Gasteiger partial charge in [-0.05, 0) is 6.92 Å². The number of ether oxygens (including phenoxy) is 1. The molecule has 0 N–H and O–H groups in total. The van der Waals surface area contributed by atoms with E-state index >= 15 is 0 Å². The van der Waals surface area contributed by atoms with Crippen LogP contribution in [0, 0.1) is 12.3 Å². The number of esters is 1. The quantitative estimate of drug-likeness (QED) is 0.450. The third kappa shape index (κ3) is 2.52. The highest BCUT2D eigenvalue weighted by Gasteiger charge is 2.38. The van der Waals surface area contributed by atoms with Gasteiger partial charge in [-0.25, -0.2) is 4.79 Å². The summed E-state index contributed by atoms with van der Waals surface area (Å²) in [5.41, 5.74) is 0. The summed E-state index contributed by atoms with van der Waals surface area (Å²) in [6, 6.07) is 0. The van der Waals surface area contributed by atoms with Gasteiger partial charge >= 0.3 is 17.3 Å². The van der Waals surface area contributed by atoms with Gasteiger partial charge < -0.3 is 4.74 Å². The SMILES string of the molecule is C#CCOC(=O)C1OS(=O)OC1C. The Morgan fingerprint density at radius 2 is 2.38 bits per heavy atom. The van der Waals surface area contributed by atoms with Crippen LogP contribution in [0.2, 0.25) is 0 Å². The maximum absolute atomic E-state index is 11.1. The van der Waals surface area contributed by atoms with Crippen molar-refractivity contribution >= 4 is 17.3 Å². The molecule has 1 aliphatic rings. The molecule has 6 heteroatoms. The van der Waals surface area contributed by atoms with Gasteiger partial charge in [-0.15, -0.1) is 6.42 Å². The standard InChI is InChI=1S/C7H8O5S/c1-3-4-10-7(8)6-5(2)11-13(9)12-6/h1,5-6H,4H2,2H3. The van der Waals surface area contributed by atoms with Crippen molar-refractivity contribution in [3.8, 4) is 12.3 Å². The summed E-state index contributed by atoms with van der Waals surface area (Å²) in [5.74, 6) is 1.48. The lowest BCUT2D eigenvalue weighted by atomic mass is 10.2. The molecular formula is C7H8O5S. The summed E-state index contributed by atoms with van der Waals surface area (Å²) in [5, 5.41) is 0. The molecule has 0 aromatic rings. The van der Waals surface area contributed by atoms with Crippen molar-refractivity contribution in [2.75, 3.05) is 6.61 Å². The second-order valence-corrected chi connectivity index (χ2v) is 3.13. The van der Waals surface area contributed by atoms with E-state index in [-0.39, 0.29) is 6.61 Å². The minimum Gasteiger partial charge on any atom is -0.450 e. The van der Waals surface area contributed by atoms with Crippen molar-refractivity contribution in [2.24, 2.45) is 0 Å². The van der Waals surface area contributed by atoms with Crippen molar-refractivity contribution in [1.29, 1.82) is 0 Å². The van der Waals surface area contributed by atoms with Crippen molar-refractivity contribution in [1.82, 2.24) is 0 Å². The van der Waals surface area contributed by atoms with Gasteiger partial charge in [0.05, 0.1) is 0 Å². The summed E-state index contributed by atoms with van der Waals surface area (Å²) in [6.07, 6.45) is 3.35. The Balaban J connectivity index is 2.48. The zero-order valence-corrected chi connectivity index (χ0v) is 7.71. The average molecular weight is 204 g/mol. The highest BCUT2D eigenvalue weighted by atomic mass is 32.2. The average Bonchev–Trinajstić information content (AvgIpc) is 2.41. The lowest BCUT2D eigenvalue weighted by Gasteiger charge is -2.07. The molecule has 13 heavy (non-hydrogen) atoms. The lowest BCUT2D eigenvalue weighted by Crippen LogP contribution is -2.31. The van der Waals surface area contributed by atoms with Crippen LogP contribution in [0.4, 0.5) is 0 Å². The largest absolute Gasteiger partial charge is 0.450 e. The molecule has 1 fully saturated rings. The summed E-state index contributed by atoms with van der Waals surface area (Å²) in [4.78, 5) is 11.1. The van der Waals surface area contributed by atoms with E-state index in [0.29, 0.717) is 0 Å². The van der Waals surface area contributed by atoms with E-state index in [1.54, 1.807) is 6.92 Å².